The van der Waals surface area contributed by atoms with Crippen molar-refractivity contribution in [2.24, 2.45) is 0 Å². The summed E-state index contributed by atoms with van der Waals surface area (Å²) in [5.74, 6) is 0.866. The molecule has 0 aliphatic rings. The van der Waals surface area contributed by atoms with E-state index >= 15 is 0 Å². The predicted molar refractivity (Wildman–Crippen MR) is 83.2 cm³/mol. The quantitative estimate of drug-likeness (QED) is 0.830. The van der Waals surface area contributed by atoms with Crippen LogP contribution in [-0.4, -0.2) is 12.5 Å². The van der Waals surface area contributed by atoms with Crippen LogP contribution in [0.4, 0.5) is 5.69 Å². The zero-order valence-corrected chi connectivity index (χ0v) is 12.6. The van der Waals surface area contributed by atoms with Gasteiger partial charge in [0, 0.05) is 11.8 Å². The van der Waals surface area contributed by atoms with Crippen molar-refractivity contribution < 1.29 is 13.9 Å². The molecule has 5 heteroatoms. The zero-order valence-electron chi connectivity index (χ0n) is 11.9. The second-order valence-electron chi connectivity index (χ2n) is 4.37. The van der Waals surface area contributed by atoms with Crippen molar-refractivity contribution in [3.63, 3.8) is 0 Å². The van der Waals surface area contributed by atoms with Crippen molar-refractivity contribution in [3.05, 3.63) is 59.0 Å². The van der Waals surface area contributed by atoms with Gasteiger partial charge in [-0.3, -0.25) is 4.79 Å². The number of nitrogens with one attached hydrogen (secondary N) is 1. The fourth-order valence-electron chi connectivity index (χ4n) is 1.74. The molecule has 110 valence electrons. The van der Waals surface area contributed by atoms with Gasteiger partial charge in [-0.05, 0) is 32.0 Å². The van der Waals surface area contributed by atoms with Gasteiger partial charge in [-0.2, -0.15) is 0 Å². The lowest BCUT2D eigenvalue weighted by atomic mass is 10.2. The standard InChI is InChI=1S/C16H16ClNO3/c1-3-4-8-21-15-10-12(5-6-14(15)17)18-16(19)13-7-9-20-11(13)2/h3-7,9-10H,8H2,1-2H3,(H,18,19)/b4-3+. The molecule has 0 saturated heterocycles. The molecule has 0 bridgehead atoms. The van der Waals surface area contributed by atoms with E-state index < -0.39 is 0 Å². The number of hydrogen-bond acceptors (Lipinski definition) is 3. The summed E-state index contributed by atoms with van der Waals surface area (Å²) in [4.78, 5) is 12.1. The molecule has 0 unspecified atom stereocenters. The van der Waals surface area contributed by atoms with Crippen molar-refractivity contribution in [2.45, 2.75) is 13.8 Å². The Hall–Kier alpha value is -2.20. The van der Waals surface area contributed by atoms with Crippen LogP contribution in [0.5, 0.6) is 5.75 Å². The largest absolute Gasteiger partial charge is 0.488 e. The van der Waals surface area contributed by atoms with Gasteiger partial charge in [0.15, 0.2) is 0 Å². The lowest BCUT2D eigenvalue weighted by molar-refractivity contribution is 0.102. The van der Waals surface area contributed by atoms with Crippen LogP contribution in [0.25, 0.3) is 0 Å². The fraction of sp³-hybridized carbons (Fsp3) is 0.188. The van der Waals surface area contributed by atoms with Gasteiger partial charge in [0.2, 0.25) is 0 Å². The van der Waals surface area contributed by atoms with E-state index in [0.29, 0.717) is 34.4 Å². The van der Waals surface area contributed by atoms with Gasteiger partial charge in [0.05, 0.1) is 16.8 Å². The molecule has 1 aromatic heterocycles. The minimum absolute atomic E-state index is 0.233. The molecule has 0 fully saturated rings. The van der Waals surface area contributed by atoms with Crippen molar-refractivity contribution >= 4 is 23.2 Å². The molecule has 0 saturated carbocycles. The molecule has 0 atom stereocenters. The van der Waals surface area contributed by atoms with Gasteiger partial charge in [-0.25, -0.2) is 0 Å². The molecule has 1 amide bonds. The molecule has 2 rings (SSSR count). The van der Waals surface area contributed by atoms with E-state index in [1.165, 1.54) is 6.26 Å². The molecule has 21 heavy (non-hydrogen) atoms. The van der Waals surface area contributed by atoms with Gasteiger partial charge >= 0.3 is 0 Å². The van der Waals surface area contributed by atoms with Crippen LogP contribution in [0.2, 0.25) is 5.02 Å². The third-order valence-corrected chi connectivity index (χ3v) is 3.18. The van der Waals surface area contributed by atoms with E-state index in [2.05, 4.69) is 5.32 Å². The minimum Gasteiger partial charge on any atom is -0.488 e. The highest BCUT2D eigenvalue weighted by molar-refractivity contribution is 6.32. The van der Waals surface area contributed by atoms with Crippen LogP contribution in [0.3, 0.4) is 0 Å². The number of anilines is 1. The topological polar surface area (TPSA) is 51.5 Å². The summed E-state index contributed by atoms with van der Waals surface area (Å²) in [5, 5.41) is 3.28. The maximum Gasteiger partial charge on any atom is 0.259 e. The summed E-state index contributed by atoms with van der Waals surface area (Å²) in [6.07, 6.45) is 5.25. The minimum atomic E-state index is -0.233. The molecule has 0 radical (unpaired) electrons. The number of benzene rings is 1. The highest BCUT2D eigenvalue weighted by Crippen LogP contribution is 2.28. The monoisotopic (exact) mass is 305 g/mol. The van der Waals surface area contributed by atoms with E-state index in [9.17, 15) is 4.79 Å². The van der Waals surface area contributed by atoms with Gasteiger partial charge < -0.3 is 14.5 Å². The predicted octanol–water partition coefficient (Wildman–Crippen LogP) is 4.45. The number of allylic oxidation sites excluding steroid dienone is 1. The number of carbonyl (C=O) groups excluding carboxylic acids is 1. The summed E-state index contributed by atoms with van der Waals surface area (Å²) in [6.45, 7) is 4.08. The Bertz CT molecular complexity index is 661. The van der Waals surface area contributed by atoms with Crippen LogP contribution < -0.4 is 10.1 Å². The maximum atomic E-state index is 12.1. The van der Waals surface area contributed by atoms with E-state index in [1.807, 2.05) is 19.1 Å². The van der Waals surface area contributed by atoms with Crippen LogP contribution in [0.15, 0.2) is 47.1 Å². The lowest BCUT2D eigenvalue weighted by Crippen LogP contribution is -2.12. The molecule has 1 heterocycles. The molecule has 4 nitrogen and oxygen atoms in total. The van der Waals surface area contributed by atoms with Crippen LogP contribution >= 0.6 is 11.6 Å². The number of furan rings is 1. The number of halogens is 1. The molecular weight excluding hydrogens is 290 g/mol. The summed E-state index contributed by atoms with van der Waals surface area (Å²) in [7, 11) is 0. The van der Waals surface area contributed by atoms with Crippen molar-refractivity contribution in [1.29, 1.82) is 0 Å². The lowest BCUT2D eigenvalue weighted by Gasteiger charge is -2.09. The van der Waals surface area contributed by atoms with Crippen molar-refractivity contribution in [3.8, 4) is 5.75 Å². The third kappa shape index (κ3) is 3.89. The van der Waals surface area contributed by atoms with E-state index in [4.69, 9.17) is 20.8 Å². The Balaban J connectivity index is 2.12. The van der Waals surface area contributed by atoms with E-state index in [0.717, 1.165) is 0 Å². The van der Waals surface area contributed by atoms with E-state index in [1.54, 1.807) is 31.2 Å². The Labute approximate surface area is 128 Å². The van der Waals surface area contributed by atoms with Crippen LogP contribution in [-0.2, 0) is 0 Å². The summed E-state index contributed by atoms with van der Waals surface area (Å²) >= 11 is 6.06. The summed E-state index contributed by atoms with van der Waals surface area (Å²) < 4.78 is 10.6. The molecule has 2 aromatic rings. The number of amides is 1. The zero-order chi connectivity index (χ0) is 15.2. The Morgan fingerprint density at radius 2 is 2.24 bits per heavy atom. The number of carbonyl (C=O) groups is 1. The van der Waals surface area contributed by atoms with Crippen LogP contribution in [0, 0.1) is 6.92 Å². The Kier molecular flexibility index (Phi) is 5.06. The molecule has 1 N–H and O–H groups in total. The third-order valence-electron chi connectivity index (χ3n) is 2.86. The number of aryl methyl sites for hydroxylation is 1. The summed E-state index contributed by atoms with van der Waals surface area (Å²) in [5.41, 5.74) is 1.11. The second-order valence-corrected chi connectivity index (χ2v) is 4.78. The number of ether oxygens (including phenoxy) is 1. The molecule has 0 spiro atoms. The maximum absolute atomic E-state index is 12.1. The smallest absolute Gasteiger partial charge is 0.259 e. The van der Waals surface area contributed by atoms with E-state index in [-0.39, 0.29) is 5.91 Å². The molecule has 0 aliphatic carbocycles. The Morgan fingerprint density at radius 3 is 2.90 bits per heavy atom. The number of rotatable bonds is 5. The average Bonchev–Trinajstić information content (AvgIpc) is 2.89. The van der Waals surface area contributed by atoms with Gasteiger partial charge in [0.25, 0.3) is 5.91 Å². The van der Waals surface area contributed by atoms with Crippen molar-refractivity contribution in [2.75, 3.05) is 11.9 Å². The fourth-order valence-corrected chi connectivity index (χ4v) is 1.92. The molecule has 1 aromatic carbocycles. The Morgan fingerprint density at radius 1 is 1.43 bits per heavy atom. The second kappa shape index (κ2) is 6.99. The van der Waals surface area contributed by atoms with Gasteiger partial charge in [-0.1, -0.05) is 23.8 Å². The first-order valence-electron chi connectivity index (χ1n) is 6.50. The first-order valence-corrected chi connectivity index (χ1v) is 6.88. The first kappa shape index (κ1) is 15.2. The normalized spacial score (nSPS) is 10.8. The summed E-state index contributed by atoms with van der Waals surface area (Å²) in [6, 6.07) is 6.73. The van der Waals surface area contributed by atoms with Gasteiger partial charge in [-0.15, -0.1) is 0 Å². The SMILES string of the molecule is C/C=C/COc1cc(NC(=O)c2ccoc2C)ccc1Cl. The van der Waals surface area contributed by atoms with Crippen LogP contribution in [0.1, 0.15) is 23.0 Å². The highest BCUT2D eigenvalue weighted by Gasteiger charge is 2.12. The average molecular weight is 306 g/mol. The first-order chi connectivity index (χ1) is 10.1. The highest BCUT2D eigenvalue weighted by atomic mass is 35.5. The molecule has 0 aliphatic heterocycles. The van der Waals surface area contributed by atoms with Gasteiger partial charge in [0.1, 0.15) is 18.1 Å². The molecular formula is C16H16ClNO3. The van der Waals surface area contributed by atoms with Crippen molar-refractivity contribution in [1.82, 2.24) is 0 Å². The number of hydrogen-bond donors (Lipinski definition) is 1.